The maximum Gasteiger partial charge on any atom is 0.138 e. The van der Waals surface area contributed by atoms with Gasteiger partial charge in [-0.1, -0.05) is 50.7 Å². The van der Waals surface area contributed by atoms with Gasteiger partial charge in [0.15, 0.2) is 0 Å². The number of phenolic OH excluding ortho intramolecular Hbond substituents is 1. The first-order valence-electron chi connectivity index (χ1n) is 5.50. The summed E-state index contributed by atoms with van der Waals surface area (Å²) in [7, 11) is 0. The van der Waals surface area contributed by atoms with Crippen LogP contribution in [0.15, 0.2) is 38.3 Å². The first-order valence-corrected chi connectivity index (χ1v) is 8.22. The molecule has 3 nitrogen and oxygen atoms in total. The van der Waals surface area contributed by atoms with E-state index in [4.69, 9.17) is 34.8 Å². The van der Waals surface area contributed by atoms with E-state index in [1.807, 2.05) is 0 Å². The minimum atomic E-state index is 0.0806. The number of phenols is 1. The zero-order valence-electron chi connectivity index (χ0n) is 10.2. The van der Waals surface area contributed by atoms with E-state index in [0.29, 0.717) is 30.8 Å². The Morgan fingerprint density at radius 2 is 1.67 bits per heavy atom. The molecule has 110 valence electrons. The molecule has 0 saturated carbocycles. The topological polar surface area (TPSA) is 44.6 Å². The molecule has 2 rings (SSSR count). The fourth-order valence-electron chi connectivity index (χ4n) is 1.50. The molecule has 2 aromatic carbocycles. The number of anilines is 1. The van der Waals surface area contributed by atoms with E-state index in [9.17, 15) is 5.11 Å². The zero-order chi connectivity index (χ0) is 15.6. The van der Waals surface area contributed by atoms with Gasteiger partial charge in [-0.05, 0) is 40.2 Å². The van der Waals surface area contributed by atoms with Crippen LogP contribution in [0.25, 0.3) is 0 Å². The highest BCUT2D eigenvalue weighted by Gasteiger charge is 2.08. The van der Waals surface area contributed by atoms with Crippen LogP contribution in [-0.4, -0.2) is 11.3 Å². The summed E-state index contributed by atoms with van der Waals surface area (Å²) in [6.45, 7) is 0. The van der Waals surface area contributed by atoms with E-state index in [1.165, 1.54) is 6.21 Å². The molecule has 2 aromatic rings. The average molecular weight is 473 g/mol. The number of hydrogen-bond donors (Lipinski definition) is 2. The van der Waals surface area contributed by atoms with E-state index < -0.39 is 0 Å². The van der Waals surface area contributed by atoms with Crippen LogP contribution in [0.4, 0.5) is 5.69 Å². The molecule has 0 bridgehead atoms. The molecule has 0 aromatic heterocycles. The fraction of sp³-hybridized carbons (Fsp3) is 0. The summed E-state index contributed by atoms with van der Waals surface area (Å²) in [6.07, 6.45) is 1.45. The molecule has 0 amide bonds. The largest absolute Gasteiger partial charge is 0.506 e. The van der Waals surface area contributed by atoms with Crippen LogP contribution < -0.4 is 5.43 Å². The molecule has 0 atom stereocenters. The number of rotatable bonds is 3. The van der Waals surface area contributed by atoms with Gasteiger partial charge in [-0.3, -0.25) is 5.43 Å². The van der Waals surface area contributed by atoms with Crippen molar-refractivity contribution in [1.82, 2.24) is 0 Å². The lowest BCUT2D eigenvalue weighted by Gasteiger charge is -2.07. The van der Waals surface area contributed by atoms with E-state index in [1.54, 1.807) is 24.3 Å². The summed E-state index contributed by atoms with van der Waals surface area (Å²) in [5.41, 5.74) is 3.68. The van der Waals surface area contributed by atoms with Crippen LogP contribution >= 0.6 is 66.7 Å². The summed E-state index contributed by atoms with van der Waals surface area (Å²) in [5.74, 6) is 0.0806. The molecule has 0 aliphatic rings. The maximum atomic E-state index is 9.91. The van der Waals surface area contributed by atoms with Crippen molar-refractivity contribution in [1.29, 1.82) is 0 Å². The van der Waals surface area contributed by atoms with Crippen LogP contribution in [0, 0.1) is 0 Å². The van der Waals surface area contributed by atoms with Crippen molar-refractivity contribution < 1.29 is 5.11 Å². The third-order valence-electron chi connectivity index (χ3n) is 2.44. The van der Waals surface area contributed by atoms with Crippen LogP contribution in [-0.2, 0) is 0 Å². The van der Waals surface area contributed by atoms with Crippen molar-refractivity contribution in [3.8, 4) is 5.75 Å². The van der Waals surface area contributed by atoms with Gasteiger partial charge in [-0.2, -0.15) is 5.10 Å². The summed E-state index contributed by atoms with van der Waals surface area (Å²) < 4.78 is 1.36. The number of benzene rings is 2. The second-order valence-electron chi connectivity index (χ2n) is 3.94. The number of hydrogen-bond acceptors (Lipinski definition) is 3. The van der Waals surface area contributed by atoms with Crippen molar-refractivity contribution in [3.63, 3.8) is 0 Å². The Morgan fingerprint density at radius 3 is 2.29 bits per heavy atom. The summed E-state index contributed by atoms with van der Waals surface area (Å²) in [6, 6.07) is 6.56. The SMILES string of the molecule is Oc1c(Br)cc(Br)cc1/C=N/Nc1c(Cl)cc(Cl)cc1Cl. The lowest BCUT2D eigenvalue weighted by molar-refractivity contribution is 0.471. The molecule has 0 saturated heterocycles. The van der Waals surface area contributed by atoms with Gasteiger partial charge in [-0.25, -0.2) is 0 Å². The Bertz CT molecular complexity index is 700. The van der Waals surface area contributed by atoms with Gasteiger partial charge >= 0.3 is 0 Å². The number of hydrazone groups is 1. The monoisotopic (exact) mass is 470 g/mol. The first-order chi connectivity index (χ1) is 9.88. The Labute approximate surface area is 153 Å². The van der Waals surface area contributed by atoms with Gasteiger partial charge in [0.25, 0.3) is 0 Å². The highest BCUT2D eigenvalue weighted by molar-refractivity contribution is 9.11. The number of aromatic hydroxyl groups is 1. The average Bonchev–Trinajstić information content (AvgIpc) is 2.37. The molecule has 21 heavy (non-hydrogen) atoms. The smallest absolute Gasteiger partial charge is 0.138 e. The van der Waals surface area contributed by atoms with Crippen LogP contribution in [0.3, 0.4) is 0 Å². The van der Waals surface area contributed by atoms with Crippen molar-refractivity contribution in [2.24, 2.45) is 5.10 Å². The molecule has 0 unspecified atom stereocenters. The van der Waals surface area contributed by atoms with Crippen molar-refractivity contribution in [2.75, 3.05) is 5.43 Å². The second-order valence-corrected chi connectivity index (χ2v) is 6.96. The van der Waals surface area contributed by atoms with E-state index in [0.717, 1.165) is 4.47 Å². The molecule has 0 aliphatic heterocycles. The van der Waals surface area contributed by atoms with Gasteiger partial charge in [0.1, 0.15) is 5.75 Å². The van der Waals surface area contributed by atoms with Gasteiger partial charge < -0.3 is 5.11 Å². The van der Waals surface area contributed by atoms with E-state index in [2.05, 4.69) is 42.4 Å². The van der Waals surface area contributed by atoms with Crippen molar-refractivity contribution >= 4 is 78.6 Å². The lowest BCUT2D eigenvalue weighted by Crippen LogP contribution is -1.93. The molecule has 0 radical (unpaired) electrons. The molecular formula is C13H7Br2Cl3N2O. The molecule has 0 fully saturated rings. The Hall–Kier alpha value is -0.460. The molecule has 0 spiro atoms. The molecule has 0 heterocycles. The van der Waals surface area contributed by atoms with Gasteiger partial charge in [0.05, 0.1) is 26.4 Å². The highest BCUT2D eigenvalue weighted by atomic mass is 79.9. The third-order valence-corrected chi connectivity index (χ3v) is 4.32. The predicted molar refractivity (Wildman–Crippen MR) is 96.2 cm³/mol. The minimum Gasteiger partial charge on any atom is -0.506 e. The normalized spacial score (nSPS) is 11.1. The van der Waals surface area contributed by atoms with Crippen molar-refractivity contribution in [3.05, 3.63) is 53.8 Å². The van der Waals surface area contributed by atoms with E-state index in [-0.39, 0.29) is 5.75 Å². The molecule has 8 heteroatoms. The summed E-state index contributed by atoms with van der Waals surface area (Å²) in [5, 5.41) is 15.1. The van der Waals surface area contributed by atoms with Crippen LogP contribution in [0.1, 0.15) is 5.56 Å². The third kappa shape index (κ3) is 4.27. The number of nitrogens with one attached hydrogen (secondary N) is 1. The lowest BCUT2D eigenvalue weighted by atomic mass is 10.2. The standard InChI is InChI=1S/C13H7Br2Cl3N2O/c14-7-1-6(13(21)9(15)2-7)5-19-20-12-10(17)3-8(16)4-11(12)18/h1-5,20-21H/b19-5+. The predicted octanol–water partition coefficient (Wildman–Crippen LogP) is 6.32. The minimum absolute atomic E-state index is 0.0806. The number of halogens is 5. The Balaban J connectivity index is 2.25. The quantitative estimate of drug-likeness (QED) is 0.405. The molecular weight excluding hydrogens is 466 g/mol. The Kier molecular flexibility index (Phi) is 5.80. The zero-order valence-corrected chi connectivity index (χ0v) is 15.6. The van der Waals surface area contributed by atoms with Crippen molar-refractivity contribution in [2.45, 2.75) is 0 Å². The Morgan fingerprint density at radius 1 is 1.05 bits per heavy atom. The number of nitrogens with zero attached hydrogens (tertiary/aromatic N) is 1. The maximum absolute atomic E-state index is 9.91. The van der Waals surface area contributed by atoms with Gasteiger partial charge in [0.2, 0.25) is 0 Å². The van der Waals surface area contributed by atoms with Crippen LogP contribution in [0.2, 0.25) is 15.1 Å². The van der Waals surface area contributed by atoms with Gasteiger partial charge in [0, 0.05) is 15.1 Å². The van der Waals surface area contributed by atoms with E-state index >= 15 is 0 Å². The highest BCUT2D eigenvalue weighted by Crippen LogP contribution is 2.34. The fourth-order valence-corrected chi connectivity index (χ4v) is 3.66. The summed E-state index contributed by atoms with van der Waals surface area (Å²) in [4.78, 5) is 0. The van der Waals surface area contributed by atoms with Gasteiger partial charge in [-0.15, -0.1) is 0 Å². The second kappa shape index (κ2) is 7.20. The summed E-state index contributed by atoms with van der Waals surface area (Å²) >= 11 is 24.5. The molecule has 0 aliphatic carbocycles. The first kappa shape index (κ1) is 16.9. The van der Waals surface area contributed by atoms with Crippen LogP contribution in [0.5, 0.6) is 5.75 Å². The molecule has 2 N–H and O–H groups in total.